The van der Waals surface area contributed by atoms with Gasteiger partial charge >= 0.3 is 0 Å². The summed E-state index contributed by atoms with van der Waals surface area (Å²) < 4.78 is 32.0. The van der Waals surface area contributed by atoms with Crippen LogP contribution < -0.4 is 0 Å². The summed E-state index contributed by atoms with van der Waals surface area (Å²) in [6, 6.07) is 7.68. The third-order valence-corrected chi connectivity index (χ3v) is 3.82. The Bertz CT molecular complexity index is 860. The Labute approximate surface area is 140 Å². The molecule has 2 aromatic carbocycles. The Morgan fingerprint density at radius 3 is 2.39 bits per heavy atom. The summed E-state index contributed by atoms with van der Waals surface area (Å²) in [4.78, 5) is 0. The summed E-state index contributed by atoms with van der Waals surface area (Å²) in [7, 11) is 0. The summed E-state index contributed by atoms with van der Waals surface area (Å²) in [5.41, 5.74) is 0.981. The summed E-state index contributed by atoms with van der Waals surface area (Å²) in [6.07, 6.45) is 0. The van der Waals surface area contributed by atoms with Crippen molar-refractivity contribution in [1.29, 1.82) is 0 Å². The molecule has 0 bridgehead atoms. The first-order valence-electron chi connectivity index (χ1n) is 6.51. The molecule has 1 N–H and O–H groups in total. The highest BCUT2D eigenvalue weighted by molar-refractivity contribution is 6.35. The van der Waals surface area contributed by atoms with E-state index in [1.807, 2.05) is 0 Å². The third kappa shape index (κ3) is 3.08. The number of benzene rings is 2. The maximum Gasteiger partial charge on any atom is 0.174 e. The molecule has 0 unspecified atom stereocenters. The minimum Gasteiger partial charge on any atom is -0.391 e. The molecule has 23 heavy (non-hydrogen) atoms. The van der Waals surface area contributed by atoms with Crippen molar-refractivity contribution in [2.45, 2.75) is 6.61 Å². The minimum atomic E-state index is -0.755. The normalized spacial score (nSPS) is 11.0. The highest BCUT2D eigenvalue weighted by Gasteiger charge is 2.21. The average Bonchev–Trinajstić information content (AvgIpc) is 2.92. The van der Waals surface area contributed by atoms with Crippen LogP contribution in [0.1, 0.15) is 5.56 Å². The van der Waals surface area contributed by atoms with Crippen molar-refractivity contribution in [3.63, 3.8) is 0 Å². The predicted molar refractivity (Wildman–Crippen MR) is 83.2 cm³/mol. The largest absolute Gasteiger partial charge is 0.391 e. The smallest absolute Gasteiger partial charge is 0.174 e. The Hall–Kier alpha value is -1.95. The molecule has 0 aliphatic carbocycles. The Morgan fingerprint density at radius 2 is 1.74 bits per heavy atom. The van der Waals surface area contributed by atoms with Crippen molar-refractivity contribution in [2.75, 3.05) is 0 Å². The van der Waals surface area contributed by atoms with E-state index in [1.54, 1.807) is 18.2 Å². The molecule has 0 saturated carbocycles. The first kappa shape index (κ1) is 15.9. The number of rotatable bonds is 3. The molecule has 3 rings (SSSR count). The van der Waals surface area contributed by atoms with Crippen molar-refractivity contribution < 1.29 is 18.4 Å². The Kier molecular flexibility index (Phi) is 4.35. The molecule has 0 radical (unpaired) electrons. The van der Waals surface area contributed by atoms with E-state index in [2.05, 4.69) is 5.16 Å². The standard InChI is InChI=1S/C16H9Cl2F2NO2/c17-9-1-2-14(18)12(5-9)16-13(7-22)15(21-23-16)8-3-10(19)6-11(20)4-8/h1-6,22H,7H2. The number of aromatic nitrogens is 1. The van der Waals surface area contributed by atoms with E-state index in [-0.39, 0.29) is 22.6 Å². The van der Waals surface area contributed by atoms with Gasteiger partial charge in [-0.25, -0.2) is 8.78 Å². The van der Waals surface area contributed by atoms with Crippen LogP contribution in [0, 0.1) is 11.6 Å². The molecular formula is C16H9Cl2F2NO2. The summed E-state index contributed by atoms with van der Waals surface area (Å²) in [6.45, 7) is -0.449. The van der Waals surface area contributed by atoms with Gasteiger partial charge in [-0.1, -0.05) is 28.4 Å². The highest BCUT2D eigenvalue weighted by Crippen LogP contribution is 2.37. The van der Waals surface area contributed by atoms with E-state index < -0.39 is 18.2 Å². The Balaban J connectivity index is 2.19. The van der Waals surface area contributed by atoms with Gasteiger partial charge in [0.2, 0.25) is 0 Å². The van der Waals surface area contributed by atoms with Crippen molar-refractivity contribution >= 4 is 23.2 Å². The lowest BCUT2D eigenvalue weighted by molar-refractivity contribution is 0.281. The molecule has 3 aromatic rings. The van der Waals surface area contributed by atoms with Crippen LogP contribution in [0.25, 0.3) is 22.6 Å². The van der Waals surface area contributed by atoms with Crippen LogP contribution in [0.4, 0.5) is 8.78 Å². The minimum absolute atomic E-state index is 0.136. The van der Waals surface area contributed by atoms with Gasteiger partial charge in [-0.05, 0) is 30.3 Å². The van der Waals surface area contributed by atoms with Gasteiger partial charge in [0.1, 0.15) is 17.3 Å². The fourth-order valence-electron chi connectivity index (χ4n) is 2.26. The number of nitrogens with zero attached hydrogens (tertiary/aromatic N) is 1. The topological polar surface area (TPSA) is 46.3 Å². The molecule has 0 fully saturated rings. The lowest BCUT2D eigenvalue weighted by atomic mass is 10.0. The summed E-state index contributed by atoms with van der Waals surface area (Å²) >= 11 is 12.1. The molecule has 118 valence electrons. The van der Waals surface area contributed by atoms with Crippen molar-refractivity contribution in [3.05, 3.63) is 63.6 Å². The lowest BCUT2D eigenvalue weighted by Crippen LogP contribution is -1.91. The first-order valence-corrected chi connectivity index (χ1v) is 7.26. The van der Waals surface area contributed by atoms with Crippen LogP contribution >= 0.6 is 23.2 Å². The van der Waals surface area contributed by atoms with Crippen LogP contribution in [0.3, 0.4) is 0 Å². The second-order valence-corrected chi connectivity index (χ2v) is 5.62. The fourth-order valence-corrected chi connectivity index (χ4v) is 2.63. The zero-order valence-electron chi connectivity index (χ0n) is 11.5. The SMILES string of the molecule is OCc1c(-c2cc(F)cc(F)c2)noc1-c1cc(Cl)ccc1Cl. The van der Waals surface area contributed by atoms with Gasteiger partial charge in [0.25, 0.3) is 0 Å². The van der Waals surface area contributed by atoms with Gasteiger partial charge < -0.3 is 9.63 Å². The quantitative estimate of drug-likeness (QED) is 0.711. The second kappa shape index (κ2) is 6.28. The van der Waals surface area contributed by atoms with Gasteiger partial charge in [-0.2, -0.15) is 0 Å². The van der Waals surface area contributed by atoms with Crippen molar-refractivity contribution in [1.82, 2.24) is 5.16 Å². The highest BCUT2D eigenvalue weighted by atomic mass is 35.5. The molecule has 0 amide bonds. The van der Waals surface area contributed by atoms with E-state index in [0.29, 0.717) is 15.6 Å². The van der Waals surface area contributed by atoms with Gasteiger partial charge in [0, 0.05) is 22.2 Å². The summed E-state index contributed by atoms with van der Waals surface area (Å²) in [5, 5.41) is 14.2. The van der Waals surface area contributed by atoms with Crippen LogP contribution in [-0.2, 0) is 6.61 Å². The molecule has 0 spiro atoms. The van der Waals surface area contributed by atoms with Crippen molar-refractivity contribution in [2.24, 2.45) is 0 Å². The Morgan fingerprint density at radius 1 is 1.04 bits per heavy atom. The molecule has 0 aliphatic heterocycles. The fraction of sp³-hybridized carbons (Fsp3) is 0.0625. The number of aliphatic hydroxyl groups is 1. The molecule has 7 heteroatoms. The lowest BCUT2D eigenvalue weighted by Gasteiger charge is -2.04. The van der Waals surface area contributed by atoms with Crippen LogP contribution in [-0.4, -0.2) is 10.3 Å². The molecular weight excluding hydrogens is 347 g/mol. The zero-order valence-corrected chi connectivity index (χ0v) is 13.0. The predicted octanol–water partition coefficient (Wildman–Crippen LogP) is 5.09. The molecule has 0 saturated heterocycles. The number of hydrogen-bond donors (Lipinski definition) is 1. The third-order valence-electron chi connectivity index (χ3n) is 3.26. The van der Waals surface area contributed by atoms with Crippen molar-refractivity contribution in [3.8, 4) is 22.6 Å². The zero-order chi connectivity index (χ0) is 16.6. The van der Waals surface area contributed by atoms with E-state index >= 15 is 0 Å². The van der Waals surface area contributed by atoms with Crippen LogP contribution in [0.2, 0.25) is 10.0 Å². The maximum absolute atomic E-state index is 13.4. The molecule has 0 aliphatic rings. The van der Waals surface area contributed by atoms with Gasteiger partial charge in [0.15, 0.2) is 5.76 Å². The van der Waals surface area contributed by atoms with Crippen LogP contribution in [0.5, 0.6) is 0 Å². The molecule has 1 heterocycles. The molecule has 0 atom stereocenters. The van der Waals surface area contributed by atoms with E-state index in [1.165, 1.54) is 0 Å². The number of hydrogen-bond acceptors (Lipinski definition) is 3. The summed E-state index contributed by atoms with van der Waals surface area (Å²) in [5.74, 6) is -1.32. The molecule has 1 aromatic heterocycles. The monoisotopic (exact) mass is 355 g/mol. The number of halogens is 4. The van der Waals surface area contributed by atoms with E-state index in [0.717, 1.165) is 18.2 Å². The van der Waals surface area contributed by atoms with E-state index in [4.69, 9.17) is 27.7 Å². The first-order chi connectivity index (χ1) is 11.0. The van der Waals surface area contributed by atoms with Gasteiger partial charge in [0.05, 0.1) is 17.2 Å². The van der Waals surface area contributed by atoms with Gasteiger partial charge in [-0.3, -0.25) is 0 Å². The second-order valence-electron chi connectivity index (χ2n) is 4.78. The number of aliphatic hydroxyl groups excluding tert-OH is 1. The maximum atomic E-state index is 13.4. The van der Waals surface area contributed by atoms with Crippen LogP contribution in [0.15, 0.2) is 40.9 Å². The average molecular weight is 356 g/mol. The van der Waals surface area contributed by atoms with Gasteiger partial charge in [-0.15, -0.1) is 0 Å². The molecule has 3 nitrogen and oxygen atoms in total. The van der Waals surface area contributed by atoms with E-state index in [9.17, 15) is 13.9 Å².